The van der Waals surface area contributed by atoms with Crippen LogP contribution < -0.4 is 10.6 Å². The number of aromatic nitrogens is 2. The molecule has 3 aromatic rings. The first kappa shape index (κ1) is 18.4. The van der Waals surface area contributed by atoms with Crippen LogP contribution in [0.2, 0.25) is 0 Å². The minimum absolute atomic E-state index is 0.209. The molecule has 1 aromatic heterocycles. The van der Waals surface area contributed by atoms with Gasteiger partial charge in [-0.1, -0.05) is 30.3 Å². The summed E-state index contributed by atoms with van der Waals surface area (Å²) in [5.41, 5.74) is 1.60. The molecule has 0 radical (unpaired) electrons. The molecule has 0 aliphatic rings. The first-order valence-electron chi connectivity index (χ1n) is 8.44. The van der Waals surface area contributed by atoms with Crippen molar-refractivity contribution in [1.29, 1.82) is 0 Å². The zero-order valence-electron chi connectivity index (χ0n) is 14.5. The lowest BCUT2D eigenvalue weighted by Gasteiger charge is -2.08. The molecule has 0 spiro atoms. The van der Waals surface area contributed by atoms with Crippen molar-refractivity contribution in [2.45, 2.75) is 13.0 Å². The van der Waals surface area contributed by atoms with Crippen LogP contribution >= 0.6 is 0 Å². The Labute approximate surface area is 155 Å². The Morgan fingerprint density at radius 1 is 1.00 bits per heavy atom. The van der Waals surface area contributed by atoms with Crippen molar-refractivity contribution >= 4 is 11.7 Å². The van der Waals surface area contributed by atoms with Gasteiger partial charge in [0.05, 0.1) is 0 Å². The van der Waals surface area contributed by atoms with Crippen LogP contribution in [0.5, 0.6) is 0 Å². The van der Waals surface area contributed by atoms with Crippen LogP contribution in [0, 0.1) is 11.6 Å². The number of hydrogen-bond donors (Lipinski definition) is 2. The minimum atomic E-state index is -0.362. The van der Waals surface area contributed by atoms with Crippen molar-refractivity contribution in [2.24, 2.45) is 0 Å². The fourth-order valence-corrected chi connectivity index (χ4v) is 2.48. The molecular formula is C20H18F2N4O. The molecular weight excluding hydrogens is 350 g/mol. The normalized spacial score (nSPS) is 10.4. The fraction of sp³-hybridized carbons (Fsp3) is 0.150. The van der Waals surface area contributed by atoms with E-state index in [1.807, 2.05) is 0 Å². The molecule has 1 heterocycles. The molecule has 3 rings (SSSR count). The van der Waals surface area contributed by atoms with Crippen LogP contribution in [0.15, 0.2) is 60.9 Å². The second kappa shape index (κ2) is 8.84. The van der Waals surface area contributed by atoms with Gasteiger partial charge in [-0.2, -0.15) is 0 Å². The molecule has 27 heavy (non-hydrogen) atoms. The molecule has 2 aromatic carbocycles. The highest BCUT2D eigenvalue weighted by Crippen LogP contribution is 2.09. The number of benzene rings is 2. The lowest BCUT2D eigenvalue weighted by Crippen LogP contribution is -2.24. The third kappa shape index (κ3) is 5.31. The first-order chi connectivity index (χ1) is 13.1. The highest BCUT2D eigenvalue weighted by Gasteiger charge is 2.09. The summed E-state index contributed by atoms with van der Waals surface area (Å²) in [5, 5.41) is 5.78. The van der Waals surface area contributed by atoms with Crippen LogP contribution in [-0.4, -0.2) is 22.4 Å². The van der Waals surface area contributed by atoms with Crippen molar-refractivity contribution in [2.75, 3.05) is 11.9 Å². The third-order valence-electron chi connectivity index (χ3n) is 3.92. The maximum atomic E-state index is 13.6. The van der Waals surface area contributed by atoms with E-state index in [4.69, 9.17) is 0 Å². The van der Waals surface area contributed by atoms with Gasteiger partial charge in [0.2, 0.25) is 0 Å². The Morgan fingerprint density at radius 3 is 2.56 bits per heavy atom. The van der Waals surface area contributed by atoms with Crippen molar-refractivity contribution in [3.05, 3.63) is 89.4 Å². The van der Waals surface area contributed by atoms with Gasteiger partial charge in [-0.05, 0) is 35.7 Å². The van der Waals surface area contributed by atoms with Gasteiger partial charge < -0.3 is 10.6 Å². The molecule has 0 aliphatic heterocycles. The summed E-state index contributed by atoms with van der Waals surface area (Å²) >= 11 is 0. The Balaban J connectivity index is 1.53. The predicted octanol–water partition coefficient (Wildman–Crippen LogP) is 3.34. The van der Waals surface area contributed by atoms with Gasteiger partial charge in [-0.25, -0.2) is 18.7 Å². The number of halogens is 2. The monoisotopic (exact) mass is 368 g/mol. The summed E-state index contributed by atoms with van der Waals surface area (Å²) in [7, 11) is 0. The molecule has 2 N–H and O–H groups in total. The zero-order chi connectivity index (χ0) is 19.1. The van der Waals surface area contributed by atoms with E-state index in [1.54, 1.807) is 30.3 Å². The summed E-state index contributed by atoms with van der Waals surface area (Å²) in [6.07, 6.45) is 1.78. The van der Waals surface area contributed by atoms with Crippen LogP contribution in [0.1, 0.15) is 21.6 Å². The Hall–Kier alpha value is -3.35. The zero-order valence-corrected chi connectivity index (χ0v) is 14.5. The molecule has 0 saturated carbocycles. The van der Waals surface area contributed by atoms with E-state index in [2.05, 4.69) is 20.6 Å². The third-order valence-corrected chi connectivity index (χ3v) is 3.92. The van der Waals surface area contributed by atoms with Crippen molar-refractivity contribution < 1.29 is 13.6 Å². The molecule has 138 valence electrons. The average Bonchev–Trinajstić information content (AvgIpc) is 2.69. The van der Waals surface area contributed by atoms with Crippen LogP contribution in [0.3, 0.4) is 0 Å². The number of rotatable bonds is 7. The van der Waals surface area contributed by atoms with Gasteiger partial charge in [0.1, 0.15) is 29.5 Å². The lowest BCUT2D eigenvalue weighted by atomic mass is 10.1. The van der Waals surface area contributed by atoms with Crippen molar-refractivity contribution in [1.82, 2.24) is 15.3 Å². The quantitative estimate of drug-likeness (QED) is 0.671. The van der Waals surface area contributed by atoms with Gasteiger partial charge in [-0.15, -0.1) is 0 Å². The van der Waals surface area contributed by atoms with Gasteiger partial charge in [-0.3, -0.25) is 4.79 Å². The fourth-order valence-electron chi connectivity index (χ4n) is 2.48. The van der Waals surface area contributed by atoms with Crippen LogP contribution in [-0.2, 0) is 13.0 Å². The van der Waals surface area contributed by atoms with E-state index in [0.29, 0.717) is 24.3 Å². The number of hydrogen-bond acceptors (Lipinski definition) is 4. The number of amides is 1. The van der Waals surface area contributed by atoms with Crippen LogP contribution in [0.4, 0.5) is 14.6 Å². The standard InChI is InChI=1S/C20H18F2N4O/c21-16-7-5-14(6-8-16)12-24-20(27)18-11-19(26-13-25-18)23-10-9-15-3-1-2-4-17(15)22/h1-8,11,13H,9-10,12H2,(H,24,27)(H,23,25,26). The minimum Gasteiger partial charge on any atom is -0.370 e. The van der Waals surface area contributed by atoms with Crippen LogP contribution in [0.25, 0.3) is 0 Å². The SMILES string of the molecule is O=C(NCc1ccc(F)cc1)c1cc(NCCc2ccccc2F)ncn1. The highest BCUT2D eigenvalue weighted by atomic mass is 19.1. The van der Waals surface area contributed by atoms with E-state index in [0.717, 1.165) is 5.56 Å². The largest absolute Gasteiger partial charge is 0.370 e. The second-order valence-corrected chi connectivity index (χ2v) is 5.87. The summed E-state index contributed by atoms with van der Waals surface area (Å²) < 4.78 is 26.5. The van der Waals surface area contributed by atoms with Gasteiger partial charge in [0.25, 0.3) is 5.91 Å². The second-order valence-electron chi connectivity index (χ2n) is 5.87. The van der Waals surface area contributed by atoms with Crippen molar-refractivity contribution in [3.63, 3.8) is 0 Å². The predicted molar refractivity (Wildman–Crippen MR) is 98.2 cm³/mol. The number of carbonyl (C=O) groups excluding carboxylic acids is 1. The molecule has 1 amide bonds. The van der Waals surface area contributed by atoms with Crippen molar-refractivity contribution in [3.8, 4) is 0 Å². The summed E-state index contributed by atoms with van der Waals surface area (Å²) in [6, 6.07) is 14.0. The maximum absolute atomic E-state index is 13.6. The number of nitrogens with one attached hydrogen (secondary N) is 2. The smallest absolute Gasteiger partial charge is 0.270 e. The summed E-state index contributed by atoms with van der Waals surface area (Å²) in [6.45, 7) is 0.730. The lowest BCUT2D eigenvalue weighted by molar-refractivity contribution is 0.0946. The number of nitrogens with zero attached hydrogens (tertiary/aromatic N) is 2. The maximum Gasteiger partial charge on any atom is 0.270 e. The highest BCUT2D eigenvalue weighted by molar-refractivity contribution is 5.92. The number of anilines is 1. The molecule has 0 saturated heterocycles. The van der Waals surface area contributed by atoms with Gasteiger partial charge >= 0.3 is 0 Å². The summed E-state index contributed by atoms with van der Waals surface area (Å²) in [5.74, 6) is -0.457. The van der Waals surface area contributed by atoms with E-state index in [9.17, 15) is 13.6 Å². The van der Waals surface area contributed by atoms with E-state index in [-0.39, 0.29) is 29.8 Å². The Morgan fingerprint density at radius 2 is 1.78 bits per heavy atom. The Bertz CT molecular complexity index is 916. The molecule has 0 unspecified atom stereocenters. The Kier molecular flexibility index (Phi) is 6.04. The molecule has 0 aliphatic carbocycles. The van der Waals surface area contributed by atoms with Gasteiger partial charge in [0, 0.05) is 19.2 Å². The van der Waals surface area contributed by atoms with E-state index in [1.165, 1.54) is 30.6 Å². The molecule has 0 bridgehead atoms. The molecule has 7 heteroatoms. The molecule has 0 atom stereocenters. The van der Waals surface area contributed by atoms with E-state index >= 15 is 0 Å². The topological polar surface area (TPSA) is 66.9 Å². The average molecular weight is 368 g/mol. The van der Waals surface area contributed by atoms with E-state index < -0.39 is 0 Å². The molecule has 0 fully saturated rings. The first-order valence-corrected chi connectivity index (χ1v) is 8.44. The summed E-state index contributed by atoms with van der Waals surface area (Å²) in [4.78, 5) is 20.3. The number of carbonyl (C=O) groups is 1. The molecule has 5 nitrogen and oxygen atoms in total. The van der Waals surface area contributed by atoms with Gasteiger partial charge in [0.15, 0.2) is 0 Å².